The molecular weight excluding hydrogens is 330 g/mol. The first-order valence-corrected chi connectivity index (χ1v) is 9.11. The number of aryl methyl sites for hydroxylation is 2. The lowest BCUT2D eigenvalue weighted by atomic mass is 10.1. The number of nitrogens with zero attached hydrogens (tertiary/aromatic N) is 5. The van der Waals surface area contributed by atoms with E-state index in [1.807, 2.05) is 36.7 Å². The zero-order valence-corrected chi connectivity index (χ0v) is 14.4. The normalized spacial score (nSPS) is 11.0. The second kappa shape index (κ2) is 7.44. The van der Waals surface area contributed by atoms with Gasteiger partial charge in [-0.15, -0.1) is 10.2 Å². The summed E-state index contributed by atoms with van der Waals surface area (Å²) in [5.74, 6) is 0.842. The van der Waals surface area contributed by atoms with Crippen LogP contribution in [0.2, 0.25) is 0 Å². The summed E-state index contributed by atoms with van der Waals surface area (Å²) >= 11 is 1.69. The van der Waals surface area contributed by atoms with E-state index in [0.29, 0.717) is 0 Å². The third-order valence-electron chi connectivity index (χ3n) is 3.95. The lowest BCUT2D eigenvalue weighted by Gasteiger charge is -2.06. The number of thioether (sulfide) groups is 1. The fourth-order valence-electron chi connectivity index (χ4n) is 2.64. The number of benzene rings is 1. The number of hydrogen-bond donors (Lipinski definition) is 0. The first-order valence-electron chi connectivity index (χ1n) is 8.13. The van der Waals surface area contributed by atoms with Crippen molar-refractivity contribution in [3.63, 3.8) is 0 Å². The van der Waals surface area contributed by atoms with Crippen molar-refractivity contribution in [3.05, 3.63) is 78.5 Å². The summed E-state index contributed by atoms with van der Waals surface area (Å²) < 4.78 is 2.08. The van der Waals surface area contributed by atoms with Crippen LogP contribution in [0.1, 0.15) is 11.3 Å². The van der Waals surface area contributed by atoms with Crippen LogP contribution in [0, 0.1) is 0 Å². The van der Waals surface area contributed by atoms with E-state index in [9.17, 15) is 0 Å². The van der Waals surface area contributed by atoms with Gasteiger partial charge in [-0.2, -0.15) is 0 Å². The fraction of sp³-hybridized carbons (Fsp3) is 0.158. The van der Waals surface area contributed by atoms with Gasteiger partial charge in [0, 0.05) is 42.2 Å². The van der Waals surface area contributed by atoms with E-state index in [0.717, 1.165) is 40.5 Å². The second-order valence-electron chi connectivity index (χ2n) is 5.70. The Morgan fingerprint density at radius 2 is 1.92 bits per heavy atom. The van der Waals surface area contributed by atoms with Crippen molar-refractivity contribution in [2.75, 3.05) is 0 Å². The average Bonchev–Trinajstić information content (AvgIpc) is 3.13. The Morgan fingerprint density at radius 1 is 0.960 bits per heavy atom. The summed E-state index contributed by atoms with van der Waals surface area (Å²) in [6, 6.07) is 16.4. The van der Waals surface area contributed by atoms with Gasteiger partial charge in [0.05, 0.1) is 5.52 Å². The molecule has 0 unspecified atom stereocenters. The Hall–Kier alpha value is -2.73. The van der Waals surface area contributed by atoms with E-state index >= 15 is 0 Å². The van der Waals surface area contributed by atoms with Gasteiger partial charge in [0.2, 0.25) is 0 Å². The molecule has 3 aromatic heterocycles. The molecule has 0 fully saturated rings. The zero-order valence-electron chi connectivity index (χ0n) is 13.6. The van der Waals surface area contributed by atoms with Crippen molar-refractivity contribution in [1.82, 2.24) is 24.7 Å². The molecule has 4 rings (SSSR count). The monoisotopic (exact) mass is 347 g/mol. The summed E-state index contributed by atoms with van der Waals surface area (Å²) in [6.45, 7) is 0.825. The fourth-order valence-corrected chi connectivity index (χ4v) is 3.52. The molecule has 0 atom stereocenters. The zero-order chi connectivity index (χ0) is 16.9. The highest BCUT2D eigenvalue weighted by Gasteiger charge is 2.07. The molecule has 5 nitrogen and oxygen atoms in total. The molecule has 0 radical (unpaired) electrons. The van der Waals surface area contributed by atoms with Crippen molar-refractivity contribution in [1.29, 1.82) is 0 Å². The van der Waals surface area contributed by atoms with Gasteiger partial charge >= 0.3 is 0 Å². The van der Waals surface area contributed by atoms with Gasteiger partial charge in [-0.1, -0.05) is 36.0 Å². The maximum absolute atomic E-state index is 4.42. The third kappa shape index (κ3) is 3.85. The molecule has 0 N–H and O–H groups in total. The number of aromatic nitrogens is 5. The molecule has 124 valence electrons. The van der Waals surface area contributed by atoms with Gasteiger partial charge in [0.25, 0.3) is 0 Å². The second-order valence-corrected chi connectivity index (χ2v) is 6.64. The molecule has 25 heavy (non-hydrogen) atoms. The molecule has 0 aliphatic heterocycles. The van der Waals surface area contributed by atoms with Crippen LogP contribution in [0.25, 0.3) is 10.9 Å². The van der Waals surface area contributed by atoms with Crippen LogP contribution in [0.15, 0.2) is 72.4 Å². The highest BCUT2D eigenvalue weighted by atomic mass is 32.2. The first-order chi connectivity index (χ1) is 12.4. The number of pyridine rings is 2. The maximum Gasteiger partial charge on any atom is 0.191 e. The molecule has 4 aromatic rings. The van der Waals surface area contributed by atoms with Crippen LogP contribution in [0.4, 0.5) is 0 Å². The summed E-state index contributed by atoms with van der Waals surface area (Å²) in [6.07, 6.45) is 6.30. The van der Waals surface area contributed by atoms with Crippen molar-refractivity contribution in [2.24, 2.45) is 0 Å². The predicted molar refractivity (Wildman–Crippen MR) is 99.3 cm³/mol. The van der Waals surface area contributed by atoms with E-state index in [1.165, 1.54) is 5.56 Å². The molecule has 0 saturated heterocycles. The minimum atomic E-state index is 0.825. The van der Waals surface area contributed by atoms with Crippen molar-refractivity contribution in [2.45, 2.75) is 23.9 Å². The summed E-state index contributed by atoms with van der Waals surface area (Å²) in [5.41, 5.74) is 3.33. The Bertz CT molecular complexity index is 968. The lowest BCUT2D eigenvalue weighted by Crippen LogP contribution is -2.03. The molecule has 0 spiro atoms. The number of rotatable bonds is 6. The van der Waals surface area contributed by atoms with Gasteiger partial charge in [0.15, 0.2) is 5.16 Å². The van der Waals surface area contributed by atoms with E-state index in [1.54, 1.807) is 18.1 Å². The van der Waals surface area contributed by atoms with Crippen molar-refractivity contribution in [3.8, 4) is 0 Å². The Balaban J connectivity index is 1.41. The van der Waals surface area contributed by atoms with E-state index in [-0.39, 0.29) is 0 Å². The lowest BCUT2D eigenvalue weighted by molar-refractivity contribution is 0.626. The van der Waals surface area contributed by atoms with Crippen molar-refractivity contribution >= 4 is 22.7 Å². The van der Waals surface area contributed by atoms with Gasteiger partial charge in [-0.05, 0) is 29.8 Å². The molecule has 0 aliphatic carbocycles. The largest absolute Gasteiger partial charge is 0.308 e. The van der Waals surface area contributed by atoms with Gasteiger partial charge < -0.3 is 4.57 Å². The Kier molecular flexibility index (Phi) is 4.70. The van der Waals surface area contributed by atoms with Crippen LogP contribution < -0.4 is 0 Å². The first kappa shape index (κ1) is 15.8. The Labute approximate surface area is 150 Å². The molecule has 3 heterocycles. The highest BCUT2D eigenvalue weighted by Crippen LogP contribution is 2.23. The predicted octanol–water partition coefficient (Wildman–Crippen LogP) is 3.76. The molecule has 6 heteroatoms. The quantitative estimate of drug-likeness (QED) is 0.497. The maximum atomic E-state index is 4.42. The average molecular weight is 347 g/mol. The Morgan fingerprint density at radius 3 is 2.84 bits per heavy atom. The highest BCUT2D eigenvalue weighted by molar-refractivity contribution is 7.98. The number of hydrogen-bond acceptors (Lipinski definition) is 5. The summed E-state index contributed by atoms with van der Waals surface area (Å²) in [5, 5.41) is 10.4. The minimum absolute atomic E-state index is 0.825. The molecule has 0 amide bonds. The molecule has 1 aromatic carbocycles. The van der Waals surface area contributed by atoms with Crippen LogP contribution in [0.3, 0.4) is 0 Å². The SMILES string of the molecule is c1ccc(CCn2cnnc2SCc2ccc3cccnc3c2)nc1. The van der Waals surface area contributed by atoms with Gasteiger partial charge in [0.1, 0.15) is 6.33 Å². The van der Waals surface area contributed by atoms with Crippen LogP contribution in [-0.4, -0.2) is 24.7 Å². The smallest absolute Gasteiger partial charge is 0.191 e. The van der Waals surface area contributed by atoms with Gasteiger partial charge in [-0.25, -0.2) is 0 Å². The molecular formula is C19H17N5S. The van der Waals surface area contributed by atoms with Crippen LogP contribution in [0.5, 0.6) is 0 Å². The van der Waals surface area contributed by atoms with Gasteiger partial charge in [-0.3, -0.25) is 9.97 Å². The van der Waals surface area contributed by atoms with E-state index in [2.05, 4.69) is 49.0 Å². The molecule has 0 saturated carbocycles. The minimum Gasteiger partial charge on any atom is -0.308 e. The number of fused-ring (bicyclic) bond motifs is 1. The third-order valence-corrected chi connectivity index (χ3v) is 5.01. The summed E-state index contributed by atoms with van der Waals surface area (Å²) in [4.78, 5) is 8.78. The molecule has 0 bridgehead atoms. The topological polar surface area (TPSA) is 56.5 Å². The van der Waals surface area contributed by atoms with Crippen LogP contribution in [-0.2, 0) is 18.7 Å². The van der Waals surface area contributed by atoms with Crippen LogP contribution >= 0.6 is 11.8 Å². The van der Waals surface area contributed by atoms with Crippen molar-refractivity contribution < 1.29 is 0 Å². The summed E-state index contributed by atoms with van der Waals surface area (Å²) in [7, 11) is 0. The van der Waals surface area contributed by atoms with E-state index < -0.39 is 0 Å². The molecule has 0 aliphatic rings. The standard InChI is InChI=1S/C19H17N5S/c1-2-9-20-17(5-1)8-11-24-14-22-23-19(24)25-13-15-6-7-16-4-3-10-21-18(16)12-15/h1-7,9-10,12,14H,8,11,13H2. The van der Waals surface area contributed by atoms with E-state index in [4.69, 9.17) is 0 Å².